The second kappa shape index (κ2) is 10.3. The molecule has 8 heteroatoms. The maximum atomic E-state index is 15.0. The van der Waals surface area contributed by atoms with Crippen molar-refractivity contribution in [2.75, 3.05) is 7.11 Å². The largest absolute Gasteiger partial charge is 0.466 e. The van der Waals surface area contributed by atoms with Gasteiger partial charge in [-0.15, -0.1) is 0 Å². The second-order valence-electron chi connectivity index (χ2n) is 8.00. The third-order valence-electron chi connectivity index (χ3n) is 5.85. The van der Waals surface area contributed by atoms with Gasteiger partial charge in [0.15, 0.2) is 5.17 Å². The normalized spacial score (nSPS) is 18.1. The van der Waals surface area contributed by atoms with Crippen LogP contribution in [0.1, 0.15) is 49.9 Å². The Morgan fingerprint density at radius 3 is 2.56 bits per heavy atom. The molecule has 0 aliphatic carbocycles. The third kappa shape index (κ3) is 4.63. The van der Waals surface area contributed by atoms with Gasteiger partial charge >= 0.3 is 5.97 Å². The zero-order valence-corrected chi connectivity index (χ0v) is 20.1. The molecular weight excluding hydrogens is 453 g/mol. The lowest BCUT2D eigenvalue weighted by atomic mass is 9.92. The molecule has 2 aliphatic rings. The number of esters is 1. The molecule has 1 N–H and O–H groups in total. The van der Waals surface area contributed by atoms with Crippen molar-refractivity contribution >= 4 is 28.8 Å². The molecule has 0 bridgehead atoms. The van der Waals surface area contributed by atoms with E-state index in [1.807, 2.05) is 49.6 Å². The van der Waals surface area contributed by atoms with Crippen LogP contribution in [-0.4, -0.2) is 29.1 Å². The van der Waals surface area contributed by atoms with Gasteiger partial charge in [-0.3, -0.25) is 4.79 Å². The monoisotopic (exact) mass is 479 g/mol. The number of allylic oxidation sites excluding steroid dienone is 1. The van der Waals surface area contributed by atoms with Gasteiger partial charge in [0.05, 0.1) is 36.9 Å². The zero-order valence-electron chi connectivity index (χ0n) is 19.2. The van der Waals surface area contributed by atoms with Gasteiger partial charge in [-0.2, -0.15) is 0 Å². The summed E-state index contributed by atoms with van der Waals surface area (Å²) in [6, 6.07) is 15.1. The van der Waals surface area contributed by atoms with Crippen molar-refractivity contribution in [3.05, 3.63) is 93.9 Å². The zero-order chi connectivity index (χ0) is 24.2. The van der Waals surface area contributed by atoms with Crippen LogP contribution in [0.4, 0.5) is 4.39 Å². The highest BCUT2D eigenvalue weighted by atomic mass is 32.2. The Morgan fingerprint density at radius 1 is 1.18 bits per heavy atom. The number of hydrogen-bond donors (Lipinski definition) is 1. The molecule has 2 aliphatic heterocycles. The number of nitrogens with one attached hydrogen (secondary N) is 1. The van der Waals surface area contributed by atoms with Crippen LogP contribution in [0.25, 0.3) is 0 Å². The Morgan fingerprint density at radius 2 is 1.88 bits per heavy atom. The van der Waals surface area contributed by atoms with E-state index in [9.17, 15) is 9.59 Å². The molecule has 2 atom stereocenters. The molecule has 0 fully saturated rings. The van der Waals surface area contributed by atoms with Gasteiger partial charge in [0, 0.05) is 11.3 Å². The van der Waals surface area contributed by atoms with Gasteiger partial charge in [-0.05, 0) is 30.4 Å². The number of fused-ring (bicyclic) bond motifs is 1. The van der Waals surface area contributed by atoms with E-state index in [0.29, 0.717) is 28.5 Å². The smallest absolute Gasteiger partial charge is 0.338 e. The van der Waals surface area contributed by atoms with Crippen molar-refractivity contribution in [2.45, 2.75) is 38.8 Å². The highest BCUT2D eigenvalue weighted by Crippen LogP contribution is 2.45. The first kappa shape index (κ1) is 23.8. The van der Waals surface area contributed by atoms with Crippen LogP contribution in [0.15, 0.2) is 82.0 Å². The van der Waals surface area contributed by atoms with Gasteiger partial charge < -0.3 is 15.0 Å². The van der Waals surface area contributed by atoms with Crippen molar-refractivity contribution in [1.29, 1.82) is 0 Å². The first-order valence-electron chi connectivity index (χ1n) is 11.1. The van der Waals surface area contributed by atoms with E-state index in [1.165, 1.54) is 24.9 Å². The molecule has 2 heterocycles. The number of amidine groups is 1. The molecule has 176 valence electrons. The van der Waals surface area contributed by atoms with Crippen LogP contribution in [0, 0.1) is 5.82 Å². The summed E-state index contributed by atoms with van der Waals surface area (Å²) in [6.45, 7) is 3.81. The van der Waals surface area contributed by atoms with Crippen molar-refractivity contribution < 1.29 is 18.7 Å². The highest BCUT2D eigenvalue weighted by molar-refractivity contribution is 8.16. The minimum Gasteiger partial charge on any atom is -0.466 e. The topological polar surface area (TPSA) is 71.0 Å². The van der Waals surface area contributed by atoms with Crippen molar-refractivity contribution in [1.82, 2.24) is 10.2 Å². The van der Waals surface area contributed by atoms with E-state index < -0.39 is 17.8 Å². The number of benzene rings is 2. The van der Waals surface area contributed by atoms with Crippen LogP contribution in [0.3, 0.4) is 0 Å². The molecule has 0 radical (unpaired) electrons. The van der Waals surface area contributed by atoms with Gasteiger partial charge in [0.2, 0.25) is 5.91 Å². The summed E-state index contributed by atoms with van der Waals surface area (Å²) >= 11 is 1.36. The predicted octanol–water partition coefficient (Wildman–Crippen LogP) is 5.23. The molecule has 0 spiro atoms. The SMILES string of the molecule is CCC1=C(C(=O)OC)[C@@H](c2ccccc2F)N2C(CC(=O)N[C@@H](C)c3ccccc3)=CSC2=N1. The Balaban J connectivity index is 1.66. The molecule has 2 aromatic carbocycles. The van der Waals surface area contributed by atoms with E-state index >= 15 is 4.39 Å². The lowest BCUT2D eigenvalue weighted by Gasteiger charge is -2.36. The fourth-order valence-electron chi connectivity index (χ4n) is 4.19. The standard InChI is InChI=1S/C26H26FN3O3S/c1-4-21-23(25(32)33-3)24(19-12-8-9-13-20(19)27)30-18(15-34-26(30)29-21)14-22(31)28-16(2)17-10-6-5-7-11-17/h5-13,15-16,24H,4,14H2,1-3H3,(H,28,31)/t16-,24+/m0/s1. The van der Waals surface area contributed by atoms with Gasteiger partial charge in [0.1, 0.15) is 5.82 Å². The fraction of sp³-hybridized carbons (Fsp3) is 0.269. The number of nitrogens with zero attached hydrogens (tertiary/aromatic N) is 2. The van der Waals surface area contributed by atoms with E-state index in [0.717, 1.165) is 5.56 Å². The minimum atomic E-state index is -0.781. The summed E-state index contributed by atoms with van der Waals surface area (Å²) in [7, 11) is 1.30. The number of halogens is 1. The summed E-state index contributed by atoms with van der Waals surface area (Å²) in [5.41, 5.74) is 2.80. The Bertz CT molecular complexity index is 1190. The van der Waals surface area contributed by atoms with Crippen LogP contribution in [0.5, 0.6) is 0 Å². The van der Waals surface area contributed by atoms with Gasteiger partial charge in [-0.25, -0.2) is 14.2 Å². The molecule has 2 aromatic rings. The number of amides is 1. The van der Waals surface area contributed by atoms with Crippen LogP contribution >= 0.6 is 11.8 Å². The molecule has 6 nitrogen and oxygen atoms in total. The first-order chi connectivity index (χ1) is 16.4. The van der Waals surface area contributed by atoms with Crippen molar-refractivity contribution in [2.24, 2.45) is 4.99 Å². The number of hydrogen-bond acceptors (Lipinski definition) is 6. The summed E-state index contributed by atoms with van der Waals surface area (Å²) in [5.74, 6) is -1.18. The fourth-order valence-corrected chi connectivity index (χ4v) is 5.12. The van der Waals surface area contributed by atoms with Crippen molar-refractivity contribution in [3.63, 3.8) is 0 Å². The van der Waals surface area contributed by atoms with E-state index in [1.54, 1.807) is 23.1 Å². The molecule has 0 aromatic heterocycles. The average molecular weight is 480 g/mol. The predicted molar refractivity (Wildman–Crippen MR) is 131 cm³/mol. The van der Waals surface area contributed by atoms with Crippen molar-refractivity contribution in [3.8, 4) is 0 Å². The molecule has 0 saturated carbocycles. The lowest BCUT2D eigenvalue weighted by Crippen LogP contribution is -2.38. The maximum absolute atomic E-state index is 15.0. The summed E-state index contributed by atoms with van der Waals surface area (Å²) < 4.78 is 20.1. The lowest BCUT2D eigenvalue weighted by molar-refractivity contribution is -0.136. The summed E-state index contributed by atoms with van der Waals surface area (Å²) in [4.78, 5) is 32.2. The van der Waals surface area contributed by atoms with E-state index in [-0.39, 0.29) is 23.9 Å². The molecular formula is C26H26FN3O3S. The second-order valence-corrected chi connectivity index (χ2v) is 8.83. The molecule has 1 amide bonds. The molecule has 34 heavy (non-hydrogen) atoms. The third-order valence-corrected chi connectivity index (χ3v) is 6.74. The van der Waals surface area contributed by atoms with Crippen LogP contribution < -0.4 is 5.32 Å². The number of thioether (sulfide) groups is 1. The van der Waals surface area contributed by atoms with E-state index in [4.69, 9.17) is 4.74 Å². The maximum Gasteiger partial charge on any atom is 0.338 e. The van der Waals surface area contributed by atoms with Gasteiger partial charge in [0.25, 0.3) is 0 Å². The molecule has 4 rings (SSSR count). The van der Waals surface area contributed by atoms with Crippen LogP contribution in [0.2, 0.25) is 0 Å². The number of aliphatic imine (C=N–C) groups is 1. The number of methoxy groups -OCH3 is 1. The first-order valence-corrected chi connectivity index (χ1v) is 12.0. The molecule has 0 saturated heterocycles. The number of carbonyl (C=O) groups excluding carboxylic acids is 2. The Hall–Kier alpha value is -3.39. The Kier molecular flexibility index (Phi) is 7.17. The summed E-state index contributed by atoms with van der Waals surface area (Å²) in [5, 5.41) is 5.46. The number of carbonyl (C=O) groups is 2. The summed E-state index contributed by atoms with van der Waals surface area (Å²) in [6.07, 6.45) is 0.543. The quantitative estimate of drug-likeness (QED) is 0.551. The Labute approximate surface area is 202 Å². The molecule has 0 unspecified atom stereocenters. The number of rotatable bonds is 7. The number of ether oxygens (including phenoxy) is 1. The van der Waals surface area contributed by atoms with Gasteiger partial charge in [-0.1, -0.05) is 67.2 Å². The van der Waals surface area contributed by atoms with Crippen LogP contribution in [-0.2, 0) is 14.3 Å². The van der Waals surface area contributed by atoms with E-state index in [2.05, 4.69) is 10.3 Å². The average Bonchev–Trinajstić information content (AvgIpc) is 3.25. The minimum absolute atomic E-state index is 0.0596. The highest BCUT2D eigenvalue weighted by Gasteiger charge is 2.42.